The number of pyridine rings is 4. The van der Waals surface area contributed by atoms with Gasteiger partial charge in [0.1, 0.15) is 0 Å². The zero-order chi connectivity index (χ0) is 84.4. The number of rotatable bonds is 5. The molecule has 4 heterocycles. The van der Waals surface area contributed by atoms with Gasteiger partial charge in [0.15, 0.2) is 0 Å². The first kappa shape index (κ1) is 64.7. The summed E-state index contributed by atoms with van der Waals surface area (Å²) in [6, 6.07) is 58.6. The van der Waals surface area contributed by atoms with Crippen LogP contribution < -0.4 is 0 Å². The molecule has 0 unspecified atom stereocenters. The van der Waals surface area contributed by atoms with Gasteiger partial charge in [-0.2, -0.15) is 15.8 Å². The highest BCUT2D eigenvalue weighted by Gasteiger charge is 2.25. The number of aryl methyl sites for hydroxylation is 5. The fourth-order valence-electron chi connectivity index (χ4n) is 10.2. The van der Waals surface area contributed by atoms with E-state index in [0.29, 0.717) is 11.3 Å². The zero-order valence-electron chi connectivity index (χ0n) is 75.0. The Hall–Kier alpha value is -9.27. The van der Waals surface area contributed by atoms with Crippen LogP contribution in [0.4, 0.5) is 0 Å². The van der Waals surface area contributed by atoms with Crippen LogP contribution in [-0.2, 0) is 57.0 Å². The van der Waals surface area contributed by atoms with Gasteiger partial charge in [-0.1, -0.05) is 275 Å². The van der Waals surface area contributed by atoms with E-state index < -0.39 is 32.8 Å². The SMILES string of the molecule is C#Cc1cccc(C#N)c1C(C)(C)C.CC(C)(C)c1c(-c2ccccc2)cncc1-c1ccccc1.CC(C)(C)c1ccc(C#N)cc1.CC(C)(C)c1cccc(C#N)c1.[2H]C([2H])(C)c1ncccc1C(C)(C)C.[2H]C([2H])([2H])c1cc(C(C)(C)C)cc(C([2H])([2H])C)n1.[2H]C([2H])([2H])c1ccc(C(C)(C)C)c(C([2H])([2H])C)n1. The third-order valence-corrected chi connectivity index (χ3v) is 15.4. The molecule has 7 nitrogen and oxygen atoms in total. The second-order valence-corrected chi connectivity index (χ2v) is 30.8. The molecule has 0 bridgehead atoms. The number of aromatic nitrogens is 4. The normalized spacial score (nSPS) is 13.8. The quantitative estimate of drug-likeness (QED) is 0.157. The number of nitrogens with zero attached hydrogens (tertiary/aromatic N) is 7. The lowest BCUT2D eigenvalue weighted by molar-refractivity contribution is 0.577. The zero-order valence-corrected chi connectivity index (χ0v) is 63.0. The lowest BCUT2D eigenvalue weighted by atomic mass is 9.78. The van der Waals surface area contributed by atoms with E-state index in [1.165, 1.54) is 58.9 Å². The van der Waals surface area contributed by atoms with Crippen LogP contribution in [0.2, 0.25) is 0 Å². The molecule has 5 aromatic carbocycles. The number of benzene rings is 5. The summed E-state index contributed by atoms with van der Waals surface area (Å²) in [7, 11) is 0. The lowest BCUT2D eigenvalue weighted by Crippen LogP contribution is -2.15. The molecule has 0 amide bonds. The summed E-state index contributed by atoms with van der Waals surface area (Å²) in [5, 5.41) is 26.2. The smallest absolute Gasteiger partial charge is 0.0995 e. The molecule has 0 spiro atoms. The van der Waals surface area contributed by atoms with Crippen molar-refractivity contribution < 1.29 is 16.4 Å². The highest BCUT2D eigenvalue weighted by Crippen LogP contribution is 2.40. The van der Waals surface area contributed by atoms with E-state index >= 15 is 0 Å². The van der Waals surface area contributed by atoms with Gasteiger partial charge >= 0.3 is 0 Å². The van der Waals surface area contributed by atoms with Crippen molar-refractivity contribution in [1.29, 1.82) is 15.8 Å². The fraction of sp³-hybridized carbons (Fsp3) is 0.396. The van der Waals surface area contributed by atoms with Crippen LogP contribution in [0.1, 0.15) is 272 Å². The summed E-state index contributed by atoms with van der Waals surface area (Å²) in [5.74, 6) is 2.63. The predicted molar refractivity (Wildman–Crippen MR) is 418 cm³/mol. The van der Waals surface area contributed by atoms with Crippen molar-refractivity contribution in [2.24, 2.45) is 0 Å². The van der Waals surface area contributed by atoms with Gasteiger partial charge in [-0.25, -0.2) is 0 Å². The molecule has 0 radical (unpaired) electrons. The van der Waals surface area contributed by atoms with Crippen LogP contribution in [-0.4, -0.2) is 19.9 Å². The Bertz CT molecular complexity index is 4440. The van der Waals surface area contributed by atoms with E-state index in [1.807, 2.05) is 121 Å². The molecule has 4 aromatic heterocycles. The maximum Gasteiger partial charge on any atom is 0.0995 e. The van der Waals surface area contributed by atoms with Crippen molar-refractivity contribution in [2.75, 3.05) is 0 Å². The van der Waals surface area contributed by atoms with E-state index in [2.05, 4.69) is 215 Å². The minimum atomic E-state index is -2.32. The lowest BCUT2D eigenvalue weighted by Gasteiger charge is -2.26. The molecule has 0 aliphatic rings. The minimum absolute atomic E-state index is 0.0410. The largest absolute Gasteiger partial charge is 0.263 e. The average Bonchev–Trinajstić information content (AvgIpc) is 0.803. The van der Waals surface area contributed by atoms with E-state index in [0.717, 1.165) is 38.9 Å². The Balaban J connectivity index is 0.000000336. The van der Waals surface area contributed by atoms with Crippen LogP contribution >= 0.6 is 0 Å². The standard InChI is InChI=1S/C21H21N.C13H13N.2C12H19N.2C11H13N.C11H17N/c1-21(2,3)20-18(16-10-6-4-7-11-16)14-22-15-19(20)17-12-8-5-9-13-17;1-5-10-7-6-8-11(9-14)12(10)13(2,3)4;1-6-11-8-10(12(3,4)5)7-9(2)13-11;1-6-11-10(12(3,4)5)8-7-9(2)13-11;1-11(2,3)10-6-4-9(8-12)5-7-10;1-11(2,3)10-6-4-5-9(7-10)8-12;1-5-10-9(11(2,3)4)7-6-8-12-10/h4-15H,1-3H3;1,6-8H,2-4H3;2*7-8H,6H2,1-5H3;2*4-7H,1-3H3;6-8H,5H2,1-4H3/i;;2*2D3,6D2;;;5D2. The van der Waals surface area contributed by atoms with E-state index in [4.69, 9.17) is 38.7 Å². The van der Waals surface area contributed by atoms with Crippen molar-refractivity contribution in [1.82, 2.24) is 19.9 Å². The van der Waals surface area contributed by atoms with Crippen LogP contribution in [0.25, 0.3) is 22.3 Å². The second kappa shape index (κ2) is 36.9. The molecule has 7 heteroatoms. The maximum atomic E-state index is 8.98. The summed E-state index contributed by atoms with van der Waals surface area (Å²) < 4.78 is 90.7. The highest BCUT2D eigenvalue weighted by atomic mass is 14.7. The van der Waals surface area contributed by atoms with Gasteiger partial charge in [0.05, 0.1) is 34.9 Å². The first-order chi connectivity index (χ1) is 50.0. The molecule has 0 saturated heterocycles. The van der Waals surface area contributed by atoms with Gasteiger partial charge in [0.25, 0.3) is 0 Å². The molecule has 98 heavy (non-hydrogen) atoms. The Kier molecular flexibility index (Phi) is 24.4. The molecule has 9 rings (SSSR count). The molecule has 0 aliphatic carbocycles. The third kappa shape index (κ3) is 26.6. The number of nitriles is 3. The molecule has 0 N–H and O–H groups in total. The minimum Gasteiger partial charge on any atom is -0.263 e. The first-order valence-corrected chi connectivity index (χ1v) is 33.2. The molecule has 514 valence electrons. The monoisotopic (exact) mass is 1320 g/mol. The van der Waals surface area contributed by atoms with E-state index in [9.17, 15) is 0 Å². The van der Waals surface area contributed by atoms with Crippen molar-refractivity contribution in [2.45, 2.75) is 237 Å². The second-order valence-electron chi connectivity index (χ2n) is 30.8. The first-order valence-electron chi connectivity index (χ1n) is 39.2. The maximum absolute atomic E-state index is 8.98. The van der Waals surface area contributed by atoms with Gasteiger partial charge in [-0.3, -0.25) is 19.9 Å². The molecule has 9 aromatic rings. The van der Waals surface area contributed by atoms with Crippen molar-refractivity contribution in [3.05, 3.63) is 272 Å². The average molecular weight is 1320 g/mol. The fourth-order valence-corrected chi connectivity index (χ4v) is 10.2. The van der Waals surface area contributed by atoms with Crippen LogP contribution in [0.3, 0.4) is 0 Å². The number of hydrogen-bond donors (Lipinski definition) is 0. The summed E-state index contributed by atoms with van der Waals surface area (Å²) in [6.07, 6.45) is 6.35. The van der Waals surface area contributed by atoms with Crippen LogP contribution in [0, 0.1) is 60.0 Å². The highest BCUT2D eigenvalue weighted by molar-refractivity contribution is 5.79. The molecule has 0 saturated carbocycles. The van der Waals surface area contributed by atoms with Gasteiger partial charge in [0.2, 0.25) is 0 Å². The third-order valence-electron chi connectivity index (χ3n) is 15.4. The summed E-state index contributed by atoms with van der Waals surface area (Å²) in [4.78, 5) is 16.6. The Labute approximate surface area is 611 Å². The topological polar surface area (TPSA) is 123 Å². The molecular weight excluding hydrogens is 1190 g/mol. The number of terminal acetylenes is 1. The van der Waals surface area contributed by atoms with Gasteiger partial charge in [-0.05, 0) is 181 Å². The van der Waals surface area contributed by atoms with Crippen LogP contribution in [0.5, 0.6) is 0 Å². The van der Waals surface area contributed by atoms with Crippen molar-refractivity contribution in [3.8, 4) is 52.8 Å². The van der Waals surface area contributed by atoms with Gasteiger partial charge in [-0.15, -0.1) is 6.42 Å². The van der Waals surface area contributed by atoms with E-state index in [1.54, 1.807) is 37.4 Å². The number of hydrogen-bond acceptors (Lipinski definition) is 7. The summed E-state index contributed by atoms with van der Waals surface area (Å²) in [5.41, 5.74) is 15.6. The van der Waals surface area contributed by atoms with Crippen molar-refractivity contribution in [3.63, 3.8) is 0 Å². The molecule has 0 aliphatic heterocycles. The van der Waals surface area contributed by atoms with Crippen molar-refractivity contribution >= 4 is 0 Å². The molecular formula is C91H115N7. The van der Waals surface area contributed by atoms with Gasteiger partial charge in [0, 0.05) is 80.2 Å². The Morgan fingerprint density at radius 3 is 1.31 bits per heavy atom. The molecule has 0 atom stereocenters. The Morgan fingerprint density at radius 2 is 0.888 bits per heavy atom. The Morgan fingerprint density at radius 1 is 0.398 bits per heavy atom. The van der Waals surface area contributed by atoms with Crippen LogP contribution in [0.15, 0.2) is 182 Å². The van der Waals surface area contributed by atoms with Gasteiger partial charge < -0.3 is 0 Å². The summed E-state index contributed by atoms with van der Waals surface area (Å²) >= 11 is 0. The molecule has 0 fully saturated rings. The van der Waals surface area contributed by atoms with E-state index in [-0.39, 0.29) is 60.7 Å². The predicted octanol–water partition coefficient (Wildman–Crippen LogP) is 23.7. The summed E-state index contributed by atoms with van der Waals surface area (Å²) in [6.45, 7) is 43.5.